The molecule has 0 bridgehead atoms. The number of aryl methyl sites for hydroxylation is 2. The summed E-state index contributed by atoms with van der Waals surface area (Å²) in [5.41, 5.74) is 3.52. The van der Waals surface area contributed by atoms with E-state index in [1.807, 2.05) is 13.8 Å². The SMILES string of the molecule is CNc1ccc(C(=O)Nc2c(C)n[nH]c2C)nc1. The maximum Gasteiger partial charge on any atom is 0.274 e. The van der Waals surface area contributed by atoms with Gasteiger partial charge in [-0.15, -0.1) is 0 Å². The van der Waals surface area contributed by atoms with Crippen molar-refractivity contribution >= 4 is 17.3 Å². The Morgan fingerprint density at radius 2 is 2.11 bits per heavy atom. The Morgan fingerprint density at radius 3 is 2.61 bits per heavy atom. The summed E-state index contributed by atoms with van der Waals surface area (Å²) in [4.78, 5) is 16.1. The van der Waals surface area contributed by atoms with Crippen molar-refractivity contribution in [2.24, 2.45) is 0 Å². The maximum atomic E-state index is 12.0. The largest absolute Gasteiger partial charge is 0.387 e. The fourth-order valence-electron chi connectivity index (χ4n) is 1.59. The minimum Gasteiger partial charge on any atom is -0.387 e. The smallest absolute Gasteiger partial charge is 0.274 e. The summed E-state index contributed by atoms with van der Waals surface area (Å²) in [7, 11) is 1.80. The third kappa shape index (κ3) is 2.32. The average molecular weight is 245 g/mol. The van der Waals surface area contributed by atoms with Gasteiger partial charge >= 0.3 is 0 Å². The number of nitrogens with zero attached hydrogens (tertiary/aromatic N) is 2. The van der Waals surface area contributed by atoms with Crippen molar-refractivity contribution in [3.8, 4) is 0 Å². The first-order valence-electron chi connectivity index (χ1n) is 5.58. The number of H-pyrrole nitrogens is 1. The predicted octanol–water partition coefficient (Wildman–Crippen LogP) is 1.72. The van der Waals surface area contributed by atoms with E-state index in [9.17, 15) is 4.79 Å². The Bertz CT molecular complexity index is 539. The normalized spacial score (nSPS) is 10.2. The van der Waals surface area contributed by atoms with E-state index in [-0.39, 0.29) is 5.91 Å². The van der Waals surface area contributed by atoms with Gasteiger partial charge in [0.1, 0.15) is 5.69 Å². The van der Waals surface area contributed by atoms with Crippen LogP contribution < -0.4 is 10.6 Å². The Hall–Kier alpha value is -2.37. The van der Waals surface area contributed by atoms with Crippen LogP contribution in [0.15, 0.2) is 18.3 Å². The molecular weight excluding hydrogens is 230 g/mol. The van der Waals surface area contributed by atoms with Gasteiger partial charge in [-0.3, -0.25) is 9.89 Å². The van der Waals surface area contributed by atoms with Crippen LogP contribution in [0.4, 0.5) is 11.4 Å². The molecule has 3 N–H and O–H groups in total. The van der Waals surface area contributed by atoms with Crippen LogP contribution in [0.25, 0.3) is 0 Å². The van der Waals surface area contributed by atoms with E-state index < -0.39 is 0 Å². The third-order valence-electron chi connectivity index (χ3n) is 2.65. The fraction of sp³-hybridized carbons (Fsp3) is 0.250. The monoisotopic (exact) mass is 245 g/mol. The van der Waals surface area contributed by atoms with E-state index in [4.69, 9.17) is 0 Å². The average Bonchev–Trinajstić information content (AvgIpc) is 2.70. The van der Waals surface area contributed by atoms with Gasteiger partial charge in [0.15, 0.2) is 0 Å². The van der Waals surface area contributed by atoms with Crippen LogP contribution in [0.5, 0.6) is 0 Å². The highest BCUT2D eigenvalue weighted by Gasteiger charge is 2.12. The lowest BCUT2D eigenvalue weighted by Crippen LogP contribution is -2.14. The number of amides is 1. The van der Waals surface area contributed by atoms with Crippen LogP contribution >= 0.6 is 0 Å². The van der Waals surface area contributed by atoms with Crippen LogP contribution in [0, 0.1) is 13.8 Å². The second kappa shape index (κ2) is 4.87. The molecule has 0 aliphatic rings. The number of hydrogen-bond donors (Lipinski definition) is 3. The number of aromatic amines is 1. The summed E-state index contributed by atoms with van der Waals surface area (Å²) in [5, 5.41) is 12.6. The molecule has 0 saturated heterocycles. The summed E-state index contributed by atoms with van der Waals surface area (Å²) >= 11 is 0. The van der Waals surface area contributed by atoms with Gasteiger partial charge in [-0.1, -0.05) is 0 Å². The Kier molecular flexibility index (Phi) is 3.27. The van der Waals surface area contributed by atoms with E-state index in [0.717, 1.165) is 17.1 Å². The predicted molar refractivity (Wildman–Crippen MR) is 69.8 cm³/mol. The van der Waals surface area contributed by atoms with Crippen molar-refractivity contribution in [1.82, 2.24) is 15.2 Å². The standard InChI is InChI=1S/C12H15N5O/c1-7-11(8(2)17-16-7)15-12(18)10-5-4-9(13-3)6-14-10/h4-6,13H,1-3H3,(H,15,18)(H,16,17). The zero-order valence-electron chi connectivity index (χ0n) is 10.5. The summed E-state index contributed by atoms with van der Waals surface area (Å²) < 4.78 is 0. The van der Waals surface area contributed by atoms with E-state index in [2.05, 4.69) is 25.8 Å². The van der Waals surface area contributed by atoms with Gasteiger partial charge in [0.05, 0.1) is 29.0 Å². The molecule has 2 aromatic rings. The van der Waals surface area contributed by atoms with Gasteiger partial charge in [0, 0.05) is 7.05 Å². The summed E-state index contributed by atoms with van der Waals surface area (Å²) in [5.74, 6) is -0.245. The first-order valence-corrected chi connectivity index (χ1v) is 5.58. The second-order valence-electron chi connectivity index (χ2n) is 3.95. The molecule has 0 aliphatic carbocycles. The highest BCUT2D eigenvalue weighted by atomic mass is 16.1. The van der Waals surface area contributed by atoms with Gasteiger partial charge in [-0.2, -0.15) is 5.10 Å². The number of aromatic nitrogens is 3. The molecule has 1 amide bonds. The minimum absolute atomic E-state index is 0.245. The maximum absolute atomic E-state index is 12.0. The quantitative estimate of drug-likeness (QED) is 0.768. The van der Waals surface area contributed by atoms with E-state index in [0.29, 0.717) is 11.4 Å². The zero-order valence-corrected chi connectivity index (χ0v) is 10.5. The molecule has 0 fully saturated rings. The van der Waals surface area contributed by atoms with Crippen LogP contribution in [0.1, 0.15) is 21.9 Å². The zero-order chi connectivity index (χ0) is 13.1. The van der Waals surface area contributed by atoms with E-state index in [1.54, 1.807) is 25.4 Å². The molecule has 0 radical (unpaired) electrons. The lowest BCUT2D eigenvalue weighted by Gasteiger charge is -2.05. The van der Waals surface area contributed by atoms with Gasteiger partial charge in [-0.05, 0) is 26.0 Å². The molecule has 94 valence electrons. The fourth-order valence-corrected chi connectivity index (χ4v) is 1.59. The molecule has 0 atom stereocenters. The highest BCUT2D eigenvalue weighted by Crippen LogP contribution is 2.17. The molecule has 0 aromatic carbocycles. The molecule has 2 rings (SSSR count). The highest BCUT2D eigenvalue weighted by molar-refractivity contribution is 6.03. The third-order valence-corrected chi connectivity index (χ3v) is 2.65. The van der Waals surface area contributed by atoms with Gasteiger partial charge in [0.2, 0.25) is 0 Å². The summed E-state index contributed by atoms with van der Waals surface area (Å²) in [6.45, 7) is 3.68. The number of hydrogen-bond acceptors (Lipinski definition) is 4. The Balaban J connectivity index is 2.17. The van der Waals surface area contributed by atoms with Crippen molar-refractivity contribution < 1.29 is 4.79 Å². The van der Waals surface area contributed by atoms with Crippen LogP contribution in [-0.2, 0) is 0 Å². The number of rotatable bonds is 3. The first kappa shape index (κ1) is 12.1. The topological polar surface area (TPSA) is 82.7 Å². The molecule has 18 heavy (non-hydrogen) atoms. The van der Waals surface area contributed by atoms with Crippen LogP contribution in [0.3, 0.4) is 0 Å². The number of carbonyl (C=O) groups excluding carboxylic acids is 1. The minimum atomic E-state index is -0.245. The molecule has 2 heterocycles. The van der Waals surface area contributed by atoms with Crippen molar-refractivity contribution in [1.29, 1.82) is 0 Å². The van der Waals surface area contributed by atoms with Gasteiger partial charge in [-0.25, -0.2) is 4.98 Å². The lowest BCUT2D eigenvalue weighted by atomic mass is 10.2. The van der Waals surface area contributed by atoms with Gasteiger partial charge in [0.25, 0.3) is 5.91 Å². The summed E-state index contributed by atoms with van der Waals surface area (Å²) in [6, 6.07) is 3.48. The Labute approximate surface area is 105 Å². The number of nitrogens with one attached hydrogen (secondary N) is 3. The number of pyridine rings is 1. The first-order chi connectivity index (χ1) is 8.61. The van der Waals surface area contributed by atoms with E-state index in [1.165, 1.54) is 0 Å². The van der Waals surface area contributed by atoms with Crippen molar-refractivity contribution in [2.75, 3.05) is 17.7 Å². The number of anilines is 2. The van der Waals surface area contributed by atoms with E-state index >= 15 is 0 Å². The molecule has 0 spiro atoms. The van der Waals surface area contributed by atoms with Gasteiger partial charge < -0.3 is 10.6 Å². The molecule has 0 saturated carbocycles. The lowest BCUT2D eigenvalue weighted by molar-refractivity contribution is 0.102. The molecule has 6 heteroatoms. The molecule has 0 unspecified atom stereocenters. The summed E-state index contributed by atoms with van der Waals surface area (Å²) in [6.07, 6.45) is 1.62. The number of carbonyl (C=O) groups is 1. The molecular formula is C12H15N5O. The van der Waals surface area contributed by atoms with Crippen molar-refractivity contribution in [3.05, 3.63) is 35.4 Å². The van der Waals surface area contributed by atoms with Crippen LogP contribution in [-0.4, -0.2) is 28.1 Å². The molecule has 2 aromatic heterocycles. The van der Waals surface area contributed by atoms with Crippen molar-refractivity contribution in [2.45, 2.75) is 13.8 Å². The van der Waals surface area contributed by atoms with Crippen LogP contribution in [0.2, 0.25) is 0 Å². The molecule has 6 nitrogen and oxygen atoms in total. The second-order valence-corrected chi connectivity index (χ2v) is 3.95. The Morgan fingerprint density at radius 1 is 1.33 bits per heavy atom. The van der Waals surface area contributed by atoms with Crippen molar-refractivity contribution in [3.63, 3.8) is 0 Å². The molecule has 0 aliphatic heterocycles.